The second-order valence-corrected chi connectivity index (χ2v) is 7.89. The predicted octanol–water partition coefficient (Wildman–Crippen LogP) is -0.117. The smallest absolute Gasteiger partial charge is 0.282 e. The van der Waals surface area contributed by atoms with Crippen LogP contribution in [0.25, 0.3) is 0 Å². The van der Waals surface area contributed by atoms with Crippen LogP contribution in [0.15, 0.2) is 0 Å². The SMILES string of the molecule is NCC1CCCCN1S(=O)(=O)N1CCC2(CC1)OCCO2. The Morgan fingerprint density at radius 1 is 1.10 bits per heavy atom. The molecule has 3 fully saturated rings. The molecule has 0 aromatic rings. The Labute approximate surface area is 126 Å². The fourth-order valence-electron chi connectivity index (χ4n) is 3.50. The van der Waals surface area contributed by atoms with Crippen LogP contribution in [-0.2, 0) is 19.7 Å². The lowest BCUT2D eigenvalue weighted by Crippen LogP contribution is -2.56. The van der Waals surface area contributed by atoms with E-state index in [9.17, 15) is 8.42 Å². The average Bonchev–Trinajstić information content (AvgIpc) is 2.96. The van der Waals surface area contributed by atoms with Gasteiger partial charge in [0, 0.05) is 45.1 Å². The lowest BCUT2D eigenvalue weighted by Gasteiger charge is -2.41. The Kier molecular flexibility index (Phi) is 4.54. The maximum absolute atomic E-state index is 12.8. The normalized spacial score (nSPS) is 31.8. The van der Waals surface area contributed by atoms with Gasteiger partial charge in [-0.15, -0.1) is 0 Å². The number of nitrogens with zero attached hydrogens (tertiary/aromatic N) is 2. The van der Waals surface area contributed by atoms with Crippen molar-refractivity contribution in [2.75, 3.05) is 39.4 Å². The predicted molar refractivity (Wildman–Crippen MR) is 77.8 cm³/mol. The average molecular weight is 319 g/mol. The molecule has 1 unspecified atom stereocenters. The zero-order valence-corrected chi connectivity index (χ0v) is 13.2. The molecule has 122 valence electrons. The van der Waals surface area contributed by atoms with Crippen LogP contribution in [0.2, 0.25) is 0 Å². The van der Waals surface area contributed by atoms with Crippen LogP contribution >= 0.6 is 0 Å². The van der Waals surface area contributed by atoms with Gasteiger partial charge in [0.2, 0.25) is 0 Å². The van der Waals surface area contributed by atoms with Gasteiger partial charge in [-0.2, -0.15) is 17.0 Å². The largest absolute Gasteiger partial charge is 0.347 e. The molecule has 3 aliphatic heterocycles. The molecular formula is C13H25N3O4S. The van der Waals surface area contributed by atoms with Crippen LogP contribution in [0, 0.1) is 0 Å². The van der Waals surface area contributed by atoms with Crippen LogP contribution in [0.1, 0.15) is 32.1 Å². The molecule has 3 rings (SSSR count). The van der Waals surface area contributed by atoms with Crippen molar-refractivity contribution in [2.24, 2.45) is 5.73 Å². The van der Waals surface area contributed by atoms with Crippen LogP contribution in [0.3, 0.4) is 0 Å². The second-order valence-electron chi connectivity index (χ2n) is 6.01. The molecule has 7 nitrogen and oxygen atoms in total. The molecule has 0 radical (unpaired) electrons. The van der Waals surface area contributed by atoms with Gasteiger partial charge in [0.15, 0.2) is 5.79 Å². The molecule has 0 saturated carbocycles. The molecule has 21 heavy (non-hydrogen) atoms. The van der Waals surface area contributed by atoms with Gasteiger partial charge in [0.05, 0.1) is 13.2 Å². The highest BCUT2D eigenvalue weighted by Crippen LogP contribution is 2.33. The fraction of sp³-hybridized carbons (Fsp3) is 1.00. The van der Waals surface area contributed by atoms with Crippen LogP contribution in [0.4, 0.5) is 0 Å². The maximum Gasteiger partial charge on any atom is 0.282 e. The van der Waals surface area contributed by atoms with E-state index in [4.69, 9.17) is 15.2 Å². The third kappa shape index (κ3) is 2.97. The molecule has 0 bridgehead atoms. The summed E-state index contributed by atoms with van der Waals surface area (Å²) in [5, 5.41) is 0. The summed E-state index contributed by atoms with van der Waals surface area (Å²) in [5.41, 5.74) is 5.75. The first-order valence-electron chi connectivity index (χ1n) is 7.82. The number of hydrogen-bond donors (Lipinski definition) is 1. The molecule has 8 heteroatoms. The summed E-state index contributed by atoms with van der Waals surface area (Å²) in [5.74, 6) is -0.540. The van der Waals surface area contributed by atoms with Crippen LogP contribution < -0.4 is 5.73 Å². The Balaban J connectivity index is 1.68. The van der Waals surface area contributed by atoms with Crippen molar-refractivity contribution < 1.29 is 17.9 Å². The molecule has 3 saturated heterocycles. The van der Waals surface area contributed by atoms with Crippen LogP contribution in [0.5, 0.6) is 0 Å². The highest BCUT2D eigenvalue weighted by Gasteiger charge is 2.44. The summed E-state index contributed by atoms with van der Waals surface area (Å²) in [6.07, 6.45) is 4.04. The number of piperidine rings is 2. The minimum absolute atomic E-state index is 0.0568. The van der Waals surface area contributed by atoms with Crippen molar-refractivity contribution in [1.29, 1.82) is 0 Å². The van der Waals surface area contributed by atoms with Crippen molar-refractivity contribution in [3.8, 4) is 0 Å². The summed E-state index contributed by atoms with van der Waals surface area (Å²) in [6, 6.07) is -0.0568. The molecule has 0 amide bonds. The fourth-order valence-corrected chi connectivity index (χ4v) is 5.37. The Hall–Kier alpha value is -0.250. The Morgan fingerprint density at radius 3 is 2.38 bits per heavy atom. The van der Waals surface area contributed by atoms with Gasteiger partial charge >= 0.3 is 0 Å². The van der Waals surface area contributed by atoms with Crippen molar-refractivity contribution >= 4 is 10.2 Å². The minimum atomic E-state index is -3.42. The first kappa shape index (κ1) is 15.6. The molecule has 0 aromatic carbocycles. The molecule has 0 aliphatic carbocycles. The van der Waals surface area contributed by atoms with E-state index in [0.717, 1.165) is 19.3 Å². The Bertz CT molecular complexity index is 454. The third-order valence-corrected chi connectivity index (χ3v) is 6.86. The van der Waals surface area contributed by atoms with E-state index >= 15 is 0 Å². The first-order valence-corrected chi connectivity index (χ1v) is 9.22. The Morgan fingerprint density at radius 2 is 1.76 bits per heavy atom. The summed E-state index contributed by atoms with van der Waals surface area (Å²) >= 11 is 0. The van der Waals surface area contributed by atoms with Crippen LogP contribution in [-0.4, -0.2) is 68.2 Å². The lowest BCUT2D eigenvalue weighted by atomic mass is 10.1. The topological polar surface area (TPSA) is 85.1 Å². The van der Waals surface area contributed by atoms with Gasteiger partial charge in [-0.25, -0.2) is 0 Å². The molecular weight excluding hydrogens is 294 g/mol. The molecule has 1 atom stereocenters. The van der Waals surface area contributed by atoms with Crippen molar-refractivity contribution in [3.05, 3.63) is 0 Å². The van der Waals surface area contributed by atoms with Crippen molar-refractivity contribution in [3.63, 3.8) is 0 Å². The van der Waals surface area contributed by atoms with Gasteiger partial charge in [-0.05, 0) is 12.8 Å². The molecule has 3 heterocycles. The van der Waals surface area contributed by atoms with Gasteiger partial charge in [0.1, 0.15) is 0 Å². The maximum atomic E-state index is 12.8. The monoisotopic (exact) mass is 319 g/mol. The quantitative estimate of drug-likeness (QED) is 0.784. The van der Waals surface area contributed by atoms with Gasteiger partial charge in [0.25, 0.3) is 10.2 Å². The summed E-state index contributed by atoms with van der Waals surface area (Å²) < 4.78 is 40.1. The van der Waals surface area contributed by atoms with Gasteiger partial charge < -0.3 is 15.2 Å². The molecule has 2 N–H and O–H groups in total. The van der Waals surface area contributed by atoms with E-state index in [0.29, 0.717) is 52.2 Å². The van der Waals surface area contributed by atoms with E-state index in [-0.39, 0.29) is 6.04 Å². The van der Waals surface area contributed by atoms with Crippen molar-refractivity contribution in [2.45, 2.75) is 43.9 Å². The highest BCUT2D eigenvalue weighted by atomic mass is 32.2. The second kappa shape index (κ2) is 6.10. The van der Waals surface area contributed by atoms with E-state index in [1.807, 2.05) is 0 Å². The van der Waals surface area contributed by atoms with E-state index < -0.39 is 16.0 Å². The number of ether oxygens (including phenoxy) is 2. The zero-order valence-electron chi connectivity index (χ0n) is 12.4. The number of hydrogen-bond acceptors (Lipinski definition) is 5. The highest BCUT2D eigenvalue weighted by molar-refractivity contribution is 7.86. The van der Waals surface area contributed by atoms with E-state index in [1.165, 1.54) is 0 Å². The summed E-state index contributed by atoms with van der Waals surface area (Å²) in [4.78, 5) is 0. The van der Waals surface area contributed by atoms with Crippen molar-refractivity contribution in [1.82, 2.24) is 8.61 Å². The summed E-state index contributed by atoms with van der Waals surface area (Å²) in [7, 11) is -3.42. The van der Waals surface area contributed by atoms with E-state index in [1.54, 1.807) is 8.61 Å². The number of rotatable bonds is 3. The summed E-state index contributed by atoms with van der Waals surface area (Å²) in [6.45, 7) is 3.09. The van der Waals surface area contributed by atoms with E-state index in [2.05, 4.69) is 0 Å². The molecule has 3 aliphatic rings. The standard InChI is InChI=1S/C13H25N3O4S/c14-11-12-3-1-2-6-16(12)21(17,18)15-7-4-13(5-8-15)19-9-10-20-13/h12H,1-11,14H2. The number of nitrogens with two attached hydrogens (primary N) is 1. The lowest BCUT2D eigenvalue weighted by molar-refractivity contribution is -0.179. The zero-order chi connectivity index (χ0) is 14.9. The first-order chi connectivity index (χ1) is 10.1. The molecule has 0 aromatic heterocycles. The minimum Gasteiger partial charge on any atom is -0.347 e. The van der Waals surface area contributed by atoms with Gasteiger partial charge in [-0.1, -0.05) is 6.42 Å². The van der Waals surface area contributed by atoms with Gasteiger partial charge in [-0.3, -0.25) is 0 Å². The molecule has 1 spiro atoms. The third-order valence-electron chi connectivity index (χ3n) is 4.77.